The van der Waals surface area contributed by atoms with Gasteiger partial charge in [-0.15, -0.1) is 0 Å². The Kier molecular flexibility index (Phi) is 6.62. The van der Waals surface area contributed by atoms with Crippen LogP contribution >= 0.6 is 0 Å². The molecule has 158 valence electrons. The molecule has 0 saturated carbocycles. The topological polar surface area (TPSA) is 43.4 Å². The maximum Gasteiger partial charge on any atom is 0.417 e. The molecule has 1 N–H and O–H groups in total. The second-order valence-electron chi connectivity index (χ2n) is 6.68. The molecule has 4 nitrogen and oxygen atoms in total. The van der Waals surface area contributed by atoms with Crippen molar-refractivity contribution >= 4 is 11.4 Å². The number of halogens is 3. The van der Waals surface area contributed by atoms with E-state index >= 15 is 0 Å². The molecule has 3 rings (SSSR count). The predicted octanol–water partition coefficient (Wildman–Crippen LogP) is 6.62. The van der Waals surface area contributed by atoms with E-state index in [1.54, 1.807) is 48.7 Å². The van der Waals surface area contributed by atoms with Gasteiger partial charge in [0.1, 0.15) is 5.75 Å². The summed E-state index contributed by atoms with van der Waals surface area (Å²) in [7, 11) is 1.51. The highest BCUT2D eigenvalue weighted by atomic mass is 19.4. The first-order valence-corrected chi connectivity index (χ1v) is 9.52. The molecule has 7 heteroatoms. The molecule has 1 unspecified atom stereocenters. The van der Waals surface area contributed by atoms with Crippen LogP contribution in [0.15, 0.2) is 60.8 Å². The predicted molar refractivity (Wildman–Crippen MR) is 111 cm³/mol. The maximum atomic E-state index is 13.7. The van der Waals surface area contributed by atoms with Gasteiger partial charge in [0.25, 0.3) is 0 Å². The van der Waals surface area contributed by atoms with Gasteiger partial charge in [-0.05, 0) is 61.4 Å². The SMILES string of the molecule is CCOC(C)c1ccc(Nc2ccc(-c3ccc(OC)cc3)c(C(F)(F)F)c2)cn1. The Bertz CT molecular complexity index is 971. The van der Waals surface area contributed by atoms with Gasteiger partial charge in [-0.25, -0.2) is 0 Å². The van der Waals surface area contributed by atoms with Gasteiger partial charge in [-0.2, -0.15) is 13.2 Å². The number of hydrogen-bond acceptors (Lipinski definition) is 4. The minimum atomic E-state index is -4.50. The van der Waals surface area contributed by atoms with Crippen molar-refractivity contribution in [1.82, 2.24) is 4.98 Å². The molecule has 0 radical (unpaired) electrons. The highest BCUT2D eigenvalue weighted by Crippen LogP contribution is 2.39. The lowest BCUT2D eigenvalue weighted by atomic mass is 9.98. The summed E-state index contributed by atoms with van der Waals surface area (Å²) < 4.78 is 51.8. The van der Waals surface area contributed by atoms with Crippen molar-refractivity contribution in [2.45, 2.75) is 26.1 Å². The molecule has 0 spiro atoms. The number of benzene rings is 2. The second kappa shape index (κ2) is 9.17. The van der Waals surface area contributed by atoms with Gasteiger partial charge >= 0.3 is 6.18 Å². The third-order valence-electron chi connectivity index (χ3n) is 4.63. The largest absolute Gasteiger partial charge is 0.497 e. The summed E-state index contributed by atoms with van der Waals surface area (Å²) in [5.74, 6) is 0.584. The summed E-state index contributed by atoms with van der Waals surface area (Å²) in [4.78, 5) is 4.32. The summed E-state index contributed by atoms with van der Waals surface area (Å²) >= 11 is 0. The number of pyridine rings is 1. The van der Waals surface area contributed by atoms with E-state index in [9.17, 15) is 13.2 Å². The van der Waals surface area contributed by atoms with E-state index in [0.717, 1.165) is 11.8 Å². The molecule has 0 fully saturated rings. The van der Waals surface area contributed by atoms with Crippen LogP contribution < -0.4 is 10.1 Å². The Labute approximate surface area is 173 Å². The molecule has 1 aromatic heterocycles. The molecular formula is C23H23F3N2O2. The summed E-state index contributed by atoms with van der Waals surface area (Å²) in [6.45, 7) is 4.37. The van der Waals surface area contributed by atoms with E-state index in [1.165, 1.54) is 13.2 Å². The number of alkyl halides is 3. The zero-order chi connectivity index (χ0) is 21.7. The lowest BCUT2D eigenvalue weighted by Gasteiger charge is -2.16. The first-order chi connectivity index (χ1) is 14.3. The van der Waals surface area contributed by atoms with Crippen LogP contribution in [0.25, 0.3) is 11.1 Å². The maximum absolute atomic E-state index is 13.7. The fourth-order valence-electron chi connectivity index (χ4n) is 3.10. The second-order valence-corrected chi connectivity index (χ2v) is 6.68. The Balaban J connectivity index is 1.87. The quantitative estimate of drug-likeness (QED) is 0.470. The van der Waals surface area contributed by atoms with Crippen LogP contribution in [0.2, 0.25) is 0 Å². The zero-order valence-electron chi connectivity index (χ0n) is 17.0. The number of rotatable bonds is 7. The third kappa shape index (κ3) is 5.10. The number of aromatic nitrogens is 1. The molecule has 1 atom stereocenters. The number of anilines is 2. The standard InChI is InChI=1S/C23H23F3N2O2/c1-4-30-15(2)22-12-8-18(14-27-22)28-17-7-11-20(21(13-17)23(24,25)26)16-5-9-19(29-3)10-6-16/h5-15,28H,4H2,1-3H3. The number of methoxy groups -OCH3 is 1. The van der Waals surface area contributed by atoms with Crippen molar-refractivity contribution in [3.05, 3.63) is 72.1 Å². The molecule has 0 bridgehead atoms. The highest BCUT2D eigenvalue weighted by molar-refractivity contribution is 5.73. The van der Waals surface area contributed by atoms with Crippen molar-refractivity contribution in [3.8, 4) is 16.9 Å². The van der Waals surface area contributed by atoms with E-state index in [2.05, 4.69) is 10.3 Å². The molecule has 0 aliphatic rings. The molecule has 0 aliphatic heterocycles. The van der Waals surface area contributed by atoms with Crippen molar-refractivity contribution in [2.24, 2.45) is 0 Å². The van der Waals surface area contributed by atoms with Crippen molar-refractivity contribution in [2.75, 3.05) is 19.0 Å². The minimum absolute atomic E-state index is 0.106. The van der Waals surface area contributed by atoms with E-state index in [0.29, 0.717) is 29.3 Å². The number of ether oxygens (including phenoxy) is 2. The van der Waals surface area contributed by atoms with E-state index in [4.69, 9.17) is 9.47 Å². The van der Waals surface area contributed by atoms with E-state index in [1.807, 2.05) is 13.8 Å². The van der Waals surface area contributed by atoms with Gasteiger partial charge in [0.05, 0.1) is 36.4 Å². The van der Waals surface area contributed by atoms with Gasteiger partial charge in [0.2, 0.25) is 0 Å². The molecule has 3 aromatic rings. The summed E-state index contributed by atoms with van der Waals surface area (Å²) in [6.07, 6.45) is -3.07. The molecule has 0 aliphatic carbocycles. The monoisotopic (exact) mass is 416 g/mol. The van der Waals surface area contributed by atoms with Crippen molar-refractivity contribution < 1.29 is 22.6 Å². The third-order valence-corrected chi connectivity index (χ3v) is 4.63. The van der Waals surface area contributed by atoms with Crippen LogP contribution in [0.4, 0.5) is 24.5 Å². The fraction of sp³-hybridized carbons (Fsp3) is 0.261. The van der Waals surface area contributed by atoms with Gasteiger partial charge < -0.3 is 14.8 Å². The van der Waals surface area contributed by atoms with Gasteiger partial charge in [-0.3, -0.25) is 4.98 Å². The molecule has 0 amide bonds. The van der Waals surface area contributed by atoms with Gasteiger partial charge in [0, 0.05) is 12.3 Å². The van der Waals surface area contributed by atoms with Crippen LogP contribution in [0, 0.1) is 0 Å². The van der Waals surface area contributed by atoms with Crippen LogP contribution in [-0.4, -0.2) is 18.7 Å². The smallest absolute Gasteiger partial charge is 0.417 e. The highest BCUT2D eigenvalue weighted by Gasteiger charge is 2.34. The Hall–Kier alpha value is -3.06. The van der Waals surface area contributed by atoms with Crippen LogP contribution in [0.3, 0.4) is 0 Å². The average Bonchev–Trinajstić information content (AvgIpc) is 2.74. The average molecular weight is 416 g/mol. The summed E-state index contributed by atoms with van der Waals surface area (Å²) in [6, 6.07) is 14.2. The normalized spacial score (nSPS) is 12.5. The first-order valence-electron chi connectivity index (χ1n) is 9.52. The molecule has 30 heavy (non-hydrogen) atoms. The van der Waals surface area contributed by atoms with Gasteiger partial charge in [-0.1, -0.05) is 18.2 Å². The van der Waals surface area contributed by atoms with E-state index < -0.39 is 11.7 Å². The number of nitrogens with zero attached hydrogens (tertiary/aromatic N) is 1. The molecule has 2 aromatic carbocycles. The van der Waals surface area contributed by atoms with E-state index in [-0.39, 0.29) is 11.7 Å². The fourth-order valence-corrected chi connectivity index (χ4v) is 3.10. The summed E-state index contributed by atoms with van der Waals surface area (Å²) in [5.41, 5.74) is 1.53. The Morgan fingerprint density at radius 2 is 1.70 bits per heavy atom. The summed E-state index contributed by atoms with van der Waals surface area (Å²) in [5, 5.41) is 2.99. The first kappa shape index (κ1) is 21.6. The van der Waals surface area contributed by atoms with Gasteiger partial charge in [0.15, 0.2) is 0 Å². The minimum Gasteiger partial charge on any atom is -0.497 e. The lowest BCUT2D eigenvalue weighted by Crippen LogP contribution is -2.08. The lowest BCUT2D eigenvalue weighted by molar-refractivity contribution is -0.137. The van der Waals surface area contributed by atoms with Crippen LogP contribution in [0.1, 0.15) is 31.2 Å². The zero-order valence-corrected chi connectivity index (χ0v) is 17.0. The van der Waals surface area contributed by atoms with Crippen molar-refractivity contribution in [3.63, 3.8) is 0 Å². The Morgan fingerprint density at radius 3 is 2.27 bits per heavy atom. The molecule has 0 saturated heterocycles. The van der Waals surface area contributed by atoms with Crippen LogP contribution in [-0.2, 0) is 10.9 Å². The van der Waals surface area contributed by atoms with Crippen LogP contribution in [0.5, 0.6) is 5.75 Å². The molecule has 1 heterocycles. The number of hydrogen-bond donors (Lipinski definition) is 1. The van der Waals surface area contributed by atoms with Crippen molar-refractivity contribution in [1.29, 1.82) is 0 Å². The number of nitrogens with one attached hydrogen (secondary N) is 1. The Morgan fingerprint density at radius 1 is 1.00 bits per heavy atom. The molecular weight excluding hydrogens is 393 g/mol.